The molecule has 27 heavy (non-hydrogen) atoms. The van der Waals surface area contributed by atoms with Crippen molar-refractivity contribution in [3.05, 3.63) is 64.4 Å². The molecule has 0 spiro atoms. The van der Waals surface area contributed by atoms with E-state index in [4.69, 9.17) is 4.98 Å². The Morgan fingerprint density at radius 3 is 2.96 bits per heavy atom. The third-order valence-electron chi connectivity index (χ3n) is 4.81. The predicted octanol–water partition coefficient (Wildman–Crippen LogP) is 3.47. The average molecular weight is 364 g/mol. The molecular formula is C19H20N6O2. The number of rotatable bonds is 4. The van der Waals surface area contributed by atoms with Crippen LogP contribution in [0.5, 0.6) is 0 Å². The summed E-state index contributed by atoms with van der Waals surface area (Å²) >= 11 is 0. The lowest BCUT2D eigenvalue weighted by atomic mass is 9.97. The van der Waals surface area contributed by atoms with Crippen molar-refractivity contribution in [1.82, 2.24) is 19.9 Å². The molecule has 8 nitrogen and oxygen atoms in total. The Hall–Kier alpha value is -3.29. The Morgan fingerprint density at radius 2 is 2.19 bits per heavy atom. The van der Waals surface area contributed by atoms with Gasteiger partial charge in [-0.1, -0.05) is 12.1 Å². The van der Waals surface area contributed by atoms with Crippen molar-refractivity contribution in [2.24, 2.45) is 0 Å². The van der Waals surface area contributed by atoms with Crippen LogP contribution in [-0.2, 0) is 0 Å². The van der Waals surface area contributed by atoms with Crippen LogP contribution in [0.2, 0.25) is 0 Å². The fourth-order valence-electron chi connectivity index (χ4n) is 3.51. The summed E-state index contributed by atoms with van der Waals surface area (Å²) in [5.74, 6) is 2.70. The first-order valence-corrected chi connectivity index (χ1v) is 8.95. The van der Waals surface area contributed by atoms with Crippen molar-refractivity contribution in [3.63, 3.8) is 0 Å². The van der Waals surface area contributed by atoms with Gasteiger partial charge in [-0.2, -0.15) is 0 Å². The van der Waals surface area contributed by atoms with Crippen LogP contribution in [0.4, 0.5) is 11.5 Å². The average Bonchev–Trinajstić information content (AvgIpc) is 3.22. The molecule has 3 aromatic rings. The third-order valence-corrected chi connectivity index (χ3v) is 4.81. The Morgan fingerprint density at radius 1 is 1.30 bits per heavy atom. The van der Waals surface area contributed by atoms with Crippen molar-refractivity contribution in [1.29, 1.82) is 0 Å². The molecule has 1 fully saturated rings. The molecule has 0 aliphatic carbocycles. The number of hydrogen-bond acceptors (Lipinski definition) is 6. The highest BCUT2D eigenvalue weighted by atomic mass is 16.6. The van der Waals surface area contributed by atoms with Gasteiger partial charge in [0.1, 0.15) is 11.6 Å². The van der Waals surface area contributed by atoms with E-state index in [2.05, 4.69) is 19.9 Å². The maximum absolute atomic E-state index is 11.1. The van der Waals surface area contributed by atoms with Gasteiger partial charge in [-0.25, -0.2) is 15.0 Å². The second-order valence-electron chi connectivity index (χ2n) is 6.76. The molecule has 1 unspecified atom stereocenters. The third kappa shape index (κ3) is 3.64. The number of hydrogen-bond donors (Lipinski definition) is 1. The Labute approximate surface area is 156 Å². The molecule has 8 heteroatoms. The molecule has 0 bridgehead atoms. The summed E-state index contributed by atoms with van der Waals surface area (Å²) in [6, 6.07) is 8.41. The van der Waals surface area contributed by atoms with Gasteiger partial charge in [-0.05, 0) is 19.8 Å². The second-order valence-corrected chi connectivity index (χ2v) is 6.76. The van der Waals surface area contributed by atoms with Crippen LogP contribution in [0.3, 0.4) is 0 Å². The molecule has 138 valence electrons. The standard InChI is InChI=1S/C19H20N6O2/c1-13-10-17(24-9-3-5-15(12-24)18-20-7-8-21-18)23-19(22-13)14-4-2-6-16(11-14)25(26)27/h2,4,6-8,10-11,15H,3,5,9,12H2,1H3,(H,20,21). The van der Waals surface area contributed by atoms with Crippen LogP contribution in [0.15, 0.2) is 42.7 Å². The van der Waals surface area contributed by atoms with E-state index in [0.717, 1.165) is 43.3 Å². The van der Waals surface area contributed by atoms with Gasteiger partial charge in [-0.3, -0.25) is 10.1 Å². The van der Waals surface area contributed by atoms with Crippen molar-refractivity contribution < 1.29 is 4.92 Å². The molecule has 0 radical (unpaired) electrons. The predicted molar refractivity (Wildman–Crippen MR) is 102 cm³/mol. The first-order chi connectivity index (χ1) is 13.1. The van der Waals surface area contributed by atoms with Gasteiger partial charge in [0, 0.05) is 60.9 Å². The fraction of sp³-hybridized carbons (Fsp3) is 0.316. The number of nitrogens with one attached hydrogen (secondary N) is 1. The lowest BCUT2D eigenvalue weighted by Gasteiger charge is -2.33. The number of piperidine rings is 1. The van der Waals surface area contributed by atoms with Gasteiger partial charge >= 0.3 is 0 Å². The minimum Gasteiger partial charge on any atom is -0.356 e. The maximum Gasteiger partial charge on any atom is 0.270 e. The van der Waals surface area contributed by atoms with Gasteiger partial charge < -0.3 is 9.88 Å². The number of aryl methyl sites for hydroxylation is 1. The van der Waals surface area contributed by atoms with E-state index in [-0.39, 0.29) is 5.69 Å². The molecule has 2 aromatic heterocycles. The molecule has 1 atom stereocenters. The molecular weight excluding hydrogens is 344 g/mol. The van der Waals surface area contributed by atoms with Crippen molar-refractivity contribution in [3.8, 4) is 11.4 Å². The number of nitro groups is 1. The number of nitro benzene ring substituents is 1. The summed E-state index contributed by atoms with van der Waals surface area (Å²) in [7, 11) is 0. The quantitative estimate of drug-likeness (QED) is 0.562. The largest absolute Gasteiger partial charge is 0.356 e. The number of aromatic amines is 1. The zero-order valence-corrected chi connectivity index (χ0v) is 15.0. The molecule has 4 rings (SSSR count). The lowest BCUT2D eigenvalue weighted by Crippen LogP contribution is -2.35. The van der Waals surface area contributed by atoms with Gasteiger partial charge in [0.15, 0.2) is 5.82 Å². The smallest absolute Gasteiger partial charge is 0.270 e. The van der Waals surface area contributed by atoms with Crippen LogP contribution >= 0.6 is 0 Å². The van der Waals surface area contributed by atoms with Gasteiger partial charge in [0.25, 0.3) is 5.69 Å². The number of imidazole rings is 1. The SMILES string of the molecule is Cc1cc(N2CCCC(c3ncc[nH]3)C2)nc(-c2cccc([N+](=O)[O-])c2)n1. The van der Waals surface area contributed by atoms with Crippen LogP contribution < -0.4 is 4.90 Å². The number of non-ortho nitro benzene ring substituents is 1. The van der Waals surface area contributed by atoms with E-state index in [0.29, 0.717) is 17.3 Å². The highest BCUT2D eigenvalue weighted by molar-refractivity contribution is 5.61. The van der Waals surface area contributed by atoms with Crippen LogP contribution in [-0.4, -0.2) is 37.9 Å². The molecule has 3 heterocycles. The molecule has 1 aromatic carbocycles. The second kappa shape index (κ2) is 7.14. The molecule has 1 saturated heterocycles. The van der Waals surface area contributed by atoms with E-state index in [1.807, 2.05) is 19.2 Å². The van der Waals surface area contributed by atoms with Crippen molar-refractivity contribution in [2.45, 2.75) is 25.7 Å². The topological polar surface area (TPSA) is 101 Å². The summed E-state index contributed by atoms with van der Waals surface area (Å²) < 4.78 is 0. The first kappa shape index (κ1) is 17.1. The molecule has 1 N–H and O–H groups in total. The number of H-pyrrole nitrogens is 1. The minimum atomic E-state index is -0.404. The number of anilines is 1. The van der Waals surface area contributed by atoms with Crippen molar-refractivity contribution in [2.75, 3.05) is 18.0 Å². The van der Waals surface area contributed by atoms with Gasteiger partial charge in [0.05, 0.1) is 4.92 Å². The first-order valence-electron chi connectivity index (χ1n) is 8.95. The summed E-state index contributed by atoms with van der Waals surface area (Å²) in [4.78, 5) is 29.7. The Kier molecular flexibility index (Phi) is 4.53. The zero-order valence-electron chi connectivity index (χ0n) is 15.0. The number of aromatic nitrogens is 4. The Balaban J connectivity index is 1.64. The highest BCUT2D eigenvalue weighted by Gasteiger charge is 2.24. The molecule has 0 saturated carbocycles. The number of benzene rings is 1. The summed E-state index contributed by atoms with van der Waals surface area (Å²) in [6.07, 6.45) is 5.78. The van der Waals surface area contributed by atoms with Crippen LogP contribution in [0.1, 0.15) is 30.3 Å². The fourth-order valence-corrected chi connectivity index (χ4v) is 3.51. The van der Waals surface area contributed by atoms with E-state index in [1.165, 1.54) is 12.1 Å². The minimum absolute atomic E-state index is 0.0370. The highest BCUT2D eigenvalue weighted by Crippen LogP contribution is 2.29. The summed E-state index contributed by atoms with van der Waals surface area (Å²) in [6.45, 7) is 3.67. The molecule has 0 amide bonds. The lowest BCUT2D eigenvalue weighted by molar-refractivity contribution is -0.384. The van der Waals surface area contributed by atoms with Gasteiger partial charge in [-0.15, -0.1) is 0 Å². The van der Waals surface area contributed by atoms with E-state index in [9.17, 15) is 10.1 Å². The normalized spacial score (nSPS) is 17.1. The Bertz CT molecular complexity index is 957. The van der Waals surface area contributed by atoms with Crippen LogP contribution in [0.25, 0.3) is 11.4 Å². The van der Waals surface area contributed by atoms with E-state index in [1.54, 1.807) is 18.3 Å². The monoisotopic (exact) mass is 364 g/mol. The molecule has 1 aliphatic heterocycles. The van der Waals surface area contributed by atoms with Crippen molar-refractivity contribution >= 4 is 11.5 Å². The van der Waals surface area contributed by atoms with Crippen LogP contribution in [0, 0.1) is 17.0 Å². The van der Waals surface area contributed by atoms with Gasteiger partial charge in [0.2, 0.25) is 0 Å². The zero-order chi connectivity index (χ0) is 18.8. The summed E-state index contributed by atoms with van der Waals surface area (Å²) in [5, 5.41) is 11.1. The summed E-state index contributed by atoms with van der Waals surface area (Å²) in [5.41, 5.74) is 1.52. The maximum atomic E-state index is 11.1. The molecule has 1 aliphatic rings. The van der Waals surface area contributed by atoms with E-state index < -0.39 is 4.92 Å². The number of nitrogens with zero attached hydrogens (tertiary/aromatic N) is 5. The van der Waals surface area contributed by atoms with E-state index >= 15 is 0 Å².